The van der Waals surface area contributed by atoms with Crippen LogP contribution in [0.15, 0.2) is 42.0 Å². The predicted octanol–water partition coefficient (Wildman–Crippen LogP) is 10.9. The minimum Gasteiger partial charge on any atom is -0.461 e. The average molecular weight is 675 g/mol. The van der Waals surface area contributed by atoms with E-state index in [-0.39, 0.29) is 50.5 Å². The van der Waals surface area contributed by atoms with E-state index in [1.807, 2.05) is 18.2 Å². The monoisotopic (exact) mass is 675 g/mol. The Labute approximate surface area is 299 Å². The zero-order chi connectivity index (χ0) is 35.8. The van der Waals surface area contributed by atoms with Gasteiger partial charge < -0.3 is 14.2 Å². The van der Waals surface area contributed by atoms with Crippen LogP contribution in [0.4, 0.5) is 0 Å². The average Bonchev–Trinajstić information content (AvgIpc) is 3.03. The maximum atomic E-state index is 14.7. The summed E-state index contributed by atoms with van der Waals surface area (Å²) in [5, 5.41) is 0. The van der Waals surface area contributed by atoms with Gasteiger partial charge in [-0.05, 0) is 101 Å². The van der Waals surface area contributed by atoms with Crippen molar-refractivity contribution in [2.45, 2.75) is 134 Å². The second kappa shape index (κ2) is 12.8. The Kier molecular flexibility index (Phi) is 9.68. The van der Waals surface area contributed by atoms with Crippen LogP contribution >= 0.6 is 0 Å². The van der Waals surface area contributed by atoms with Gasteiger partial charge in [0, 0.05) is 10.8 Å². The van der Waals surface area contributed by atoms with E-state index in [9.17, 15) is 4.79 Å². The van der Waals surface area contributed by atoms with E-state index in [2.05, 4.69) is 101 Å². The summed E-state index contributed by atoms with van der Waals surface area (Å²) in [6.45, 7) is 31.6. The first-order chi connectivity index (χ1) is 22.8. The summed E-state index contributed by atoms with van der Waals surface area (Å²) >= 11 is 0. The molecule has 1 heterocycles. The van der Waals surface area contributed by atoms with Crippen molar-refractivity contribution in [2.24, 2.45) is 73.9 Å². The lowest BCUT2D eigenvalue weighted by molar-refractivity contribution is -0.253. The fourth-order valence-electron chi connectivity index (χ4n) is 12.7. The first-order valence-electron chi connectivity index (χ1n) is 20.0. The molecule has 0 amide bonds. The van der Waals surface area contributed by atoms with Gasteiger partial charge in [0.2, 0.25) is 0 Å². The molecule has 12 atom stereocenters. The van der Waals surface area contributed by atoms with Crippen molar-refractivity contribution >= 4 is 5.97 Å². The molecule has 1 aliphatic heterocycles. The van der Waals surface area contributed by atoms with Crippen molar-refractivity contribution in [1.82, 2.24) is 0 Å². The van der Waals surface area contributed by atoms with Crippen LogP contribution in [-0.4, -0.2) is 31.9 Å². The fraction of sp³-hybridized carbons (Fsp3) is 0.800. The molecule has 4 aliphatic carbocycles. The molecular weight excluding hydrogens is 604 g/mol. The summed E-state index contributed by atoms with van der Waals surface area (Å²) in [4.78, 5) is 14.7. The van der Waals surface area contributed by atoms with Crippen LogP contribution in [0.25, 0.3) is 0 Å². The molecule has 6 rings (SSSR count). The zero-order valence-electron chi connectivity index (χ0n) is 33.3. The molecule has 49 heavy (non-hydrogen) atoms. The van der Waals surface area contributed by atoms with Gasteiger partial charge in [-0.25, -0.2) is 0 Å². The molecule has 5 aliphatic rings. The second-order valence-electron chi connectivity index (χ2n) is 20.3. The molecule has 1 saturated heterocycles. The Morgan fingerprint density at radius 2 is 1.65 bits per heavy atom. The van der Waals surface area contributed by atoms with E-state index in [1.54, 1.807) is 5.57 Å². The number of benzene rings is 1. The van der Waals surface area contributed by atoms with E-state index in [1.165, 1.54) is 12.8 Å². The Bertz CT molecular complexity index is 1390. The minimum atomic E-state index is -0.192. The summed E-state index contributed by atoms with van der Waals surface area (Å²) in [5.41, 5.74) is 2.72. The smallest absolute Gasteiger partial charge is 0.310 e. The highest BCUT2D eigenvalue weighted by atomic mass is 16.5. The molecule has 1 aromatic rings. The van der Waals surface area contributed by atoms with E-state index in [4.69, 9.17) is 14.2 Å². The van der Waals surface area contributed by atoms with E-state index in [0.29, 0.717) is 42.1 Å². The van der Waals surface area contributed by atoms with Crippen LogP contribution in [0, 0.1) is 73.9 Å². The number of hydrogen-bond donors (Lipinski definition) is 0. The summed E-state index contributed by atoms with van der Waals surface area (Å²) in [6, 6.07) is 10.2. The normalized spacial score (nSPS) is 43.0. The number of ether oxygens (including phenoxy) is 3. The second-order valence-corrected chi connectivity index (χ2v) is 20.3. The van der Waals surface area contributed by atoms with Gasteiger partial charge in [-0.2, -0.15) is 0 Å². The Hall–Kier alpha value is -1.65. The summed E-state index contributed by atoms with van der Waals surface area (Å²) in [6.07, 6.45) is 9.59. The molecular formula is C45H70O4. The molecule has 0 spiro atoms. The zero-order valence-corrected chi connectivity index (χ0v) is 33.3. The highest BCUT2D eigenvalue weighted by Gasteiger charge is 2.71. The van der Waals surface area contributed by atoms with Crippen molar-refractivity contribution in [3.8, 4) is 0 Å². The third kappa shape index (κ3) is 5.71. The molecule has 0 N–H and O–H groups in total. The number of esters is 1. The van der Waals surface area contributed by atoms with Crippen LogP contribution in [-0.2, 0) is 25.6 Å². The highest BCUT2D eigenvalue weighted by Crippen LogP contribution is 2.75. The minimum absolute atomic E-state index is 0.00258. The van der Waals surface area contributed by atoms with Crippen LogP contribution in [0.2, 0.25) is 0 Å². The first-order valence-corrected chi connectivity index (χ1v) is 20.0. The van der Waals surface area contributed by atoms with Crippen LogP contribution in [0.1, 0.15) is 127 Å². The lowest BCUT2D eigenvalue weighted by Gasteiger charge is -2.71. The summed E-state index contributed by atoms with van der Waals surface area (Å²) < 4.78 is 20.1. The van der Waals surface area contributed by atoms with Gasteiger partial charge in [-0.15, -0.1) is 0 Å². The predicted molar refractivity (Wildman–Crippen MR) is 200 cm³/mol. The lowest BCUT2D eigenvalue weighted by atomic mass is 9.34. The molecule has 4 heteroatoms. The standard InChI is InChI=1S/C45H70O4/c1-29(2)32(5)41(9)22-23-43(11)34-18-19-36-42(10)27-47-28-45(36,24-30(3)38(42)48-25-31(4)40(6,7)8)35(34)20-21-44(43,12)37(41)39(46)49-26-33-16-14-13-15-17-33/h13-17,20,29-32,34,36-38H,18-19,21-28H2,1-12H3/t30-,31+,32-,34+,36+,37-,38+,41-,42-,43-,44+,45+/m1/s1. The summed E-state index contributed by atoms with van der Waals surface area (Å²) in [7, 11) is 0. The topological polar surface area (TPSA) is 44.8 Å². The Morgan fingerprint density at radius 3 is 2.31 bits per heavy atom. The fourth-order valence-corrected chi connectivity index (χ4v) is 12.7. The molecule has 0 radical (unpaired) electrons. The molecule has 3 saturated carbocycles. The molecule has 1 aromatic carbocycles. The number of fused-ring (bicyclic) bond motifs is 3. The van der Waals surface area contributed by atoms with Crippen molar-refractivity contribution in [3.05, 3.63) is 47.5 Å². The van der Waals surface area contributed by atoms with Gasteiger partial charge in [-0.3, -0.25) is 4.79 Å². The third-order valence-corrected chi connectivity index (χ3v) is 16.6. The number of hydrogen-bond acceptors (Lipinski definition) is 4. The maximum Gasteiger partial charge on any atom is 0.310 e. The number of rotatable bonds is 8. The maximum absolute atomic E-state index is 14.7. The van der Waals surface area contributed by atoms with Crippen LogP contribution < -0.4 is 0 Å². The number of allylic oxidation sites excluding steroid dienone is 1. The molecule has 4 fully saturated rings. The molecule has 274 valence electrons. The third-order valence-electron chi connectivity index (χ3n) is 16.6. The Morgan fingerprint density at radius 1 is 0.959 bits per heavy atom. The van der Waals surface area contributed by atoms with Gasteiger partial charge in [-0.1, -0.05) is 125 Å². The number of carbonyl (C=O) groups is 1. The highest BCUT2D eigenvalue weighted by molar-refractivity contribution is 5.75. The van der Waals surface area contributed by atoms with Crippen molar-refractivity contribution in [1.29, 1.82) is 0 Å². The molecule has 2 bridgehead atoms. The van der Waals surface area contributed by atoms with Gasteiger partial charge in [0.05, 0.1) is 31.8 Å². The largest absolute Gasteiger partial charge is 0.461 e. The molecule has 0 aromatic heterocycles. The van der Waals surface area contributed by atoms with Crippen molar-refractivity contribution < 1.29 is 19.0 Å². The van der Waals surface area contributed by atoms with E-state index < -0.39 is 0 Å². The van der Waals surface area contributed by atoms with Gasteiger partial charge in [0.1, 0.15) is 6.61 Å². The SMILES string of the molecule is CC(C)[C@@H](C)[C@@]1(C)CC[C@]2(C)[C@H]3CC[C@@H]4[C@@]5(COC[C@@]4(C)[C@@H](OC[C@H](C)C(C)(C)C)[C@H](C)C5)C3=CC[C@@]2(C)[C@@H]1C(=O)OCc1ccccc1. The van der Waals surface area contributed by atoms with Crippen LogP contribution in [0.5, 0.6) is 0 Å². The molecule has 0 unspecified atom stereocenters. The van der Waals surface area contributed by atoms with Crippen LogP contribution in [0.3, 0.4) is 0 Å². The lowest BCUT2D eigenvalue weighted by Crippen LogP contribution is -2.69. The van der Waals surface area contributed by atoms with Crippen molar-refractivity contribution in [3.63, 3.8) is 0 Å². The first kappa shape index (κ1) is 37.1. The number of carbonyl (C=O) groups excluding carboxylic acids is 1. The van der Waals surface area contributed by atoms with Gasteiger partial charge >= 0.3 is 5.97 Å². The van der Waals surface area contributed by atoms with Crippen molar-refractivity contribution in [2.75, 3.05) is 19.8 Å². The van der Waals surface area contributed by atoms with Gasteiger partial charge in [0.15, 0.2) is 0 Å². The summed E-state index contributed by atoms with van der Waals surface area (Å²) in [5.74, 6) is 2.76. The van der Waals surface area contributed by atoms with Gasteiger partial charge in [0.25, 0.3) is 0 Å². The Balaban J connectivity index is 1.36. The molecule has 4 nitrogen and oxygen atoms in total. The van der Waals surface area contributed by atoms with E-state index >= 15 is 0 Å². The van der Waals surface area contributed by atoms with E-state index in [0.717, 1.165) is 51.1 Å². The quantitative estimate of drug-likeness (QED) is 0.203.